The van der Waals surface area contributed by atoms with Crippen molar-refractivity contribution in [1.82, 2.24) is 9.80 Å². The van der Waals surface area contributed by atoms with Crippen LogP contribution < -0.4 is 0 Å². The quantitative estimate of drug-likeness (QED) is 0.709. The number of carbonyl (C=O) groups is 1. The highest BCUT2D eigenvalue weighted by Crippen LogP contribution is 2.11. The SMILES string of the molecule is CC(C)(C)OC(=O)N1CCN(CC[O])CC1. The van der Waals surface area contributed by atoms with E-state index in [0.717, 1.165) is 13.1 Å². The summed E-state index contributed by atoms with van der Waals surface area (Å²) in [4.78, 5) is 15.5. The summed E-state index contributed by atoms with van der Waals surface area (Å²) in [5.41, 5.74) is -0.441. The number of ether oxygens (including phenoxy) is 1. The third kappa shape index (κ3) is 4.37. The van der Waals surface area contributed by atoms with E-state index in [9.17, 15) is 9.90 Å². The molecule has 0 aliphatic carbocycles. The Morgan fingerprint density at radius 1 is 1.19 bits per heavy atom. The van der Waals surface area contributed by atoms with Gasteiger partial charge >= 0.3 is 6.09 Å². The standard InChI is InChI=1S/C11H21N2O3/c1-11(2,3)16-10(15)13-6-4-12(5-7-13)8-9-14/h4-9H2,1-3H3. The lowest BCUT2D eigenvalue weighted by Gasteiger charge is -2.35. The minimum absolute atomic E-state index is 0.0769. The zero-order valence-electron chi connectivity index (χ0n) is 10.4. The van der Waals surface area contributed by atoms with Crippen LogP contribution in [0.4, 0.5) is 4.79 Å². The fraction of sp³-hybridized carbons (Fsp3) is 0.909. The Kier molecular flexibility index (Phi) is 4.56. The summed E-state index contributed by atoms with van der Waals surface area (Å²) in [5.74, 6) is 0. The zero-order chi connectivity index (χ0) is 12.2. The van der Waals surface area contributed by atoms with Crippen LogP contribution in [-0.2, 0) is 9.84 Å². The Morgan fingerprint density at radius 2 is 1.75 bits per heavy atom. The lowest BCUT2D eigenvalue weighted by atomic mass is 10.2. The Hall–Kier alpha value is -0.810. The first-order valence-corrected chi connectivity index (χ1v) is 5.71. The molecule has 16 heavy (non-hydrogen) atoms. The number of carbonyl (C=O) groups excluding carboxylic acids is 1. The average Bonchev–Trinajstić information content (AvgIpc) is 2.16. The summed E-state index contributed by atoms with van der Waals surface area (Å²) in [7, 11) is 0. The normalized spacial score (nSPS) is 18.6. The molecule has 0 bridgehead atoms. The topological polar surface area (TPSA) is 52.7 Å². The van der Waals surface area contributed by atoms with Crippen LogP contribution in [0.25, 0.3) is 0 Å². The second-order valence-electron chi connectivity index (χ2n) is 5.01. The van der Waals surface area contributed by atoms with E-state index < -0.39 is 5.60 Å². The maximum atomic E-state index is 11.7. The maximum Gasteiger partial charge on any atom is 0.410 e. The minimum Gasteiger partial charge on any atom is -0.444 e. The molecule has 1 aliphatic rings. The molecule has 5 heteroatoms. The molecule has 0 spiro atoms. The van der Waals surface area contributed by atoms with Crippen molar-refractivity contribution in [3.8, 4) is 0 Å². The summed E-state index contributed by atoms with van der Waals surface area (Å²) >= 11 is 0. The van der Waals surface area contributed by atoms with Gasteiger partial charge in [0.1, 0.15) is 5.60 Å². The van der Waals surface area contributed by atoms with E-state index in [1.165, 1.54) is 0 Å². The third-order valence-electron chi connectivity index (χ3n) is 2.43. The van der Waals surface area contributed by atoms with Gasteiger partial charge in [-0.15, -0.1) is 0 Å². The second-order valence-corrected chi connectivity index (χ2v) is 5.01. The van der Waals surface area contributed by atoms with Crippen molar-refractivity contribution >= 4 is 6.09 Å². The first-order valence-electron chi connectivity index (χ1n) is 5.71. The lowest BCUT2D eigenvalue weighted by Crippen LogP contribution is -2.50. The molecular formula is C11H21N2O3. The van der Waals surface area contributed by atoms with Crippen LogP contribution in [0.15, 0.2) is 0 Å². The molecule has 1 aliphatic heterocycles. The summed E-state index contributed by atoms with van der Waals surface area (Å²) in [5, 5.41) is 10.5. The fourth-order valence-corrected chi connectivity index (χ4v) is 1.61. The Morgan fingerprint density at radius 3 is 2.19 bits per heavy atom. The summed E-state index contributed by atoms with van der Waals surface area (Å²) < 4.78 is 5.28. The van der Waals surface area contributed by atoms with Crippen molar-refractivity contribution in [2.24, 2.45) is 0 Å². The van der Waals surface area contributed by atoms with Gasteiger partial charge in [-0.2, -0.15) is 0 Å². The number of amides is 1. The Labute approximate surface area is 97.0 Å². The van der Waals surface area contributed by atoms with Crippen LogP contribution in [0, 0.1) is 0 Å². The smallest absolute Gasteiger partial charge is 0.410 e. The van der Waals surface area contributed by atoms with Gasteiger partial charge in [-0.05, 0) is 20.8 Å². The Bertz CT molecular complexity index is 230. The predicted molar refractivity (Wildman–Crippen MR) is 59.8 cm³/mol. The molecule has 1 radical (unpaired) electrons. The van der Waals surface area contributed by atoms with Gasteiger partial charge in [-0.25, -0.2) is 9.90 Å². The largest absolute Gasteiger partial charge is 0.444 e. The molecule has 5 nitrogen and oxygen atoms in total. The molecule has 1 amide bonds. The van der Waals surface area contributed by atoms with Crippen LogP contribution in [0.2, 0.25) is 0 Å². The van der Waals surface area contributed by atoms with Crippen molar-refractivity contribution < 1.29 is 14.6 Å². The van der Waals surface area contributed by atoms with Gasteiger partial charge < -0.3 is 9.64 Å². The average molecular weight is 229 g/mol. The van der Waals surface area contributed by atoms with Crippen molar-refractivity contribution in [3.63, 3.8) is 0 Å². The van der Waals surface area contributed by atoms with Crippen molar-refractivity contribution in [3.05, 3.63) is 0 Å². The highest BCUT2D eigenvalue weighted by molar-refractivity contribution is 5.68. The molecule has 0 atom stereocenters. The van der Waals surface area contributed by atoms with Gasteiger partial charge in [-0.3, -0.25) is 4.90 Å². The first kappa shape index (κ1) is 13.3. The third-order valence-corrected chi connectivity index (χ3v) is 2.43. The first-order chi connectivity index (χ1) is 7.42. The molecule has 1 rings (SSSR count). The number of rotatable bonds is 2. The molecule has 0 aromatic carbocycles. The van der Waals surface area contributed by atoms with Gasteiger partial charge in [-0.1, -0.05) is 0 Å². The van der Waals surface area contributed by atoms with Crippen molar-refractivity contribution in [1.29, 1.82) is 0 Å². The molecule has 1 saturated heterocycles. The van der Waals surface area contributed by atoms with Crippen LogP contribution in [0.5, 0.6) is 0 Å². The van der Waals surface area contributed by atoms with E-state index >= 15 is 0 Å². The van der Waals surface area contributed by atoms with E-state index in [2.05, 4.69) is 4.90 Å². The lowest BCUT2D eigenvalue weighted by molar-refractivity contribution is 0.0124. The summed E-state index contributed by atoms with van der Waals surface area (Å²) in [6, 6.07) is 0. The molecule has 0 aromatic rings. The zero-order valence-corrected chi connectivity index (χ0v) is 10.4. The molecule has 0 aromatic heterocycles. The fourth-order valence-electron chi connectivity index (χ4n) is 1.61. The molecule has 1 heterocycles. The van der Waals surface area contributed by atoms with E-state index in [-0.39, 0.29) is 12.7 Å². The molecule has 0 unspecified atom stereocenters. The molecule has 0 N–H and O–H groups in total. The van der Waals surface area contributed by atoms with Gasteiger partial charge in [0.05, 0.1) is 6.61 Å². The van der Waals surface area contributed by atoms with E-state index in [1.54, 1.807) is 4.90 Å². The molecule has 1 fully saturated rings. The van der Waals surface area contributed by atoms with Crippen LogP contribution in [-0.4, -0.2) is 60.8 Å². The molecule has 93 valence electrons. The van der Waals surface area contributed by atoms with Crippen LogP contribution in [0.1, 0.15) is 20.8 Å². The van der Waals surface area contributed by atoms with Crippen molar-refractivity contribution in [2.45, 2.75) is 26.4 Å². The number of hydrogen-bond acceptors (Lipinski definition) is 3. The predicted octanol–water partition coefficient (Wildman–Crippen LogP) is 0.970. The van der Waals surface area contributed by atoms with Crippen molar-refractivity contribution in [2.75, 3.05) is 39.3 Å². The van der Waals surface area contributed by atoms with Gasteiger partial charge in [0.15, 0.2) is 0 Å². The number of piperazine rings is 1. The maximum absolute atomic E-state index is 11.7. The van der Waals surface area contributed by atoms with Gasteiger partial charge in [0, 0.05) is 32.7 Å². The Balaban J connectivity index is 2.33. The second kappa shape index (κ2) is 5.50. The number of nitrogens with zero attached hydrogens (tertiary/aromatic N) is 2. The number of hydrogen-bond donors (Lipinski definition) is 0. The van der Waals surface area contributed by atoms with E-state index in [1.807, 2.05) is 20.8 Å². The van der Waals surface area contributed by atoms with E-state index in [4.69, 9.17) is 4.74 Å². The van der Waals surface area contributed by atoms with E-state index in [0.29, 0.717) is 19.6 Å². The van der Waals surface area contributed by atoms with Gasteiger partial charge in [0.25, 0.3) is 0 Å². The summed E-state index contributed by atoms with van der Waals surface area (Å²) in [6.45, 7) is 8.90. The molecular weight excluding hydrogens is 208 g/mol. The van der Waals surface area contributed by atoms with Gasteiger partial charge in [0.2, 0.25) is 0 Å². The highest BCUT2D eigenvalue weighted by Gasteiger charge is 2.25. The minimum atomic E-state index is -0.441. The summed E-state index contributed by atoms with van der Waals surface area (Å²) in [6.07, 6.45) is -0.255. The monoisotopic (exact) mass is 229 g/mol. The van der Waals surface area contributed by atoms with Crippen LogP contribution >= 0.6 is 0 Å². The van der Waals surface area contributed by atoms with Crippen LogP contribution in [0.3, 0.4) is 0 Å². The highest BCUT2D eigenvalue weighted by atomic mass is 16.6. The molecule has 0 saturated carbocycles.